The normalized spacial score (nSPS) is 12.2. The van der Waals surface area contributed by atoms with E-state index < -0.39 is 0 Å². The first-order valence-electron chi connectivity index (χ1n) is 5.67. The van der Waals surface area contributed by atoms with Crippen LogP contribution in [0.25, 0.3) is 0 Å². The van der Waals surface area contributed by atoms with Crippen molar-refractivity contribution in [1.82, 2.24) is 0 Å². The molecular formula is C14H14ClFN2. The van der Waals surface area contributed by atoms with Crippen LogP contribution in [-0.2, 0) is 0 Å². The van der Waals surface area contributed by atoms with Crippen molar-refractivity contribution in [1.29, 1.82) is 0 Å². The second-order valence-corrected chi connectivity index (χ2v) is 4.37. The molecule has 3 N–H and O–H groups in total. The molecule has 0 saturated heterocycles. The fourth-order valence-corrected chi connectivity index (χ4v) is 1.93. The van der Waals surface area contributed by atoms with Gasteiger partial charge in [-0.15, -0.1) is 0 Å². The lowest BCUT2D eigenvalue weighted by Crippen LogP contribution is -2.20. The average Bonchev–Trinajstić information content (AvgIpc) is 2.39. The Balaban J connectivity index is 2.20. The van der Waals surface area contributed by atoms with Gasteiger partial charge < -0.3 is 11.1 Å². The summed E-state index contributed by atoms with van der Waals surface area (Å²) in [6.45, 7) is 0.400. The SMILES string of the molecule is NCC(Nc1ccccc1Cl)c1ccc(F)cc1. The maximum Gasteiger partial charge on any atom is 0.123 e. The van der Waals surface area contributed by atoms with Gasteiger partial charge in [0.2, 0.25) is 0 Å². The molecule has 2 rings (SSSR count). The Hall–Kier alpha value is -1.58. The van der Waals surface area contributed by atoms with Crippen LogP contribution in [0.5, 0.6) is 0 Å². The van der Waals surface area contributed by atoms with Crippen molar-refractivity contribution in [3.05, 3.63) is 64.9 Å². The Morgan fingerprint density at radius 2 is 1.78 bits per heavy atom. The van der Waals surface area contributed by atoms with Crippen molar-refractivity contribution in [2.45, 2.75) is 6.04 Å². The molecule has 0 spiro atoms. The molecule has 0 aromatic heterocycles. The highest BCUT2D eigenvalue weighted by atomic mass is 35.5. The van der Waals surface area contributed by atoms with E-state index in [1.165, 1.54) is 12.1 Å². The molecule has 1 atom stereocenters. The van der Waals surface area contributed by atoms with Gasteiger partial charge in [0.25, 0.3) is 0 Å². The molecule has 0 fully saturated rings. The first-order valence-corrected chi connectivity index (χ1v) is 6.05. The first kappa shape index (κ1) is 12.9. The zero-order valence-electron chi connectivity index (χ0n) is 9.74. The third-order valence-corrected chi connectivity index (χ3v) is 3.04. The van der Waals surface area contributed by atoms with E-state index in [4.69, 9.17) is 17.3 Å². The molecule has 2 nitrogen and oxygen atoms in total. The number of benzene rings is 2. The van der Waals surface area contributed by atoms with Crippen molar-refractivity contribution >= 4 is 17.3 Å². The highest BCUT2D eigenvalue weighted by Crippen LogP contribution is 2.25. The summed E-state index contributed by atoms with van der Waals surface area (Å²) in [6, 6.07) is 13.6. The Labute approximate surface area is 111 Å². The molecule has 0 radical (unpaired) electrons. The lowest BCUT2D eigenvalue weighted by Gasteiger charge is -2.19. The van der Waals surface area contributed by atoms with E-state index in [9.17, 15) is 4.39 Å². The minimum atomic E-state index is -0.257. The lowest BCUT2D eigenvalue weighted by atomic mass is 10.1. The number of hydrogen-bond acceptors (Lipinski definition) is 2. The molecule has 0 saturated carbocycles. The fraction of sp³-hybridized carbons (Fsp3) is 0.143. The number of hydrogen-bond donors (Lipinski definition) is 2. The van der Waals surface area contributed by atoms with E-state index in [0.29, 0.717) is 11.6 Å². The van der Waals surface area contributed by atoms with Gasteiger partial charge in [-0.3, -0.25) is 0 Å². The molecule has 0 bridgehead atoms. The second-order valence-electron chi connectivity index (χ2n) is 3.96. The van der Waals surface area contributed by atoms with Crippen LogP contribution in [0.4, 0.5) is 10.1 Å². The zero-order chi connectivity index (χ0) is 13.0. The van der Waals surface area contributed by atoms with Crippen molar-refractivity contribution < 1.29 is 4.39 Å². The van der Waals surface area contributed by atoms with Gasteiger partial charge in [-0.2, -0.15) is 0 Å². The van der Waals surface area contributed by atoms with Gasteiger partial charge in [0.15, 0.2) is 0 Å². The molecule has 2 aromatic rings. The molecular weight excluding hydrogens is 251 g/mol. The van der Waals surface area contributed by atoms with E-state index in [1.807, 2.05) is 24.3 Å². The smallest absolute Gasteiger partial charge is 0.123 e. The summed E-state index contributed by atoms with van der Waals surface area (Å²) < 4.78 is 12.9. The lowest BCUT2D eigenvalue weighted by molar-refractivity contribution is 0.626. The monoisotopic (exact) mass is 264 g/mol. The van der Waals surface area contributed by atoms with Crippen LogP contribution >= 0.6 is 11.6 Å². The summed E-state index contributed by atoms with van der Waals surface area (Å²) in [4.78, 5) is 0. The molecule has 0 aliphatic carbocycles. The largest absolute Gasteiger partial charge is 0.376 e. The molecule has 0 aliphatic heterocycles. The highest BCUT2D eigenvalue weighted by Gasteiger charge is 2.10. The molecule has 0 amide bonds. The van der Waals surface area contributed by atoms with Crippen LogP contribution in [0.15, 0.2) is 48.5 Å². The van der Waals surface area contributed by atoms with Gasteiger partial charge >= 0.3 is 0 Å². The predicted octanol–water partition coefficient (Wildman–Crippen LogP) is 3.59. The molecule has 94 valence electrons. The van der Waals surface area contributed by atoms with E-state index in [0.717, 1.165) is 11.3 Å². The van der Waals surface area contributed by atoms with Gasteiger partial charge in [0, 0.05) is 6.54 Å². The van der Waals surface area contributed by atoms with Gasteiger partial charge in [-0.25, -0.2) is 4.39 Å². The maximum absolute atomic E-state index is 12.9. The zero-order valence-corrected chi connectivity index (χ0v) is 10.5. The van der Waals surface area contributed by atoms with E-state index in [2.05, 4.69) is 5.32 Å². The first-order chi connectivity index (χ1) is 8.70. The van der Waals surface area contributed by atoms with Crippen LogP contribution in [0.3, 0.4) is 0 Å². The van der Waals surface area contributed by atoms with Crippen molar-refractivity contribution in [3.8, 4) is 0 Å². The molecule has 0 heterocycles. The summed E-state index contributed by atoms with van der Waals surface area (Å²) in [6.07, 6.45) is 0. The van der Waals surface area contributed by atoms with Crippen LogP contribution < -0.4 is 11.1 Å². The quantitative estimate of drug-likeness (QED) is 0.886. The minimum Gasteiger partial charge on any atom is -0.376 e. The highest BCUT2D eigenvalue weighted by molar-refractivity contribution is 6.33. The van der Waals surface area contributed by atoms with Crippen molar-refractivity contribution in [2.75, 3.05) is 11.9 Å². The molecule has 4 heteroatoms. The van der Waals surface area contributed by atoms with Gasteiger partial charge in [0.05, 0.1) is 16.8 Å². The van der Waals surface area contributed by atoms with Gasteiger partial charge in [0.1, 0.15) is 5.82 Å². The van der Waals surface area contributed by atoms with Crippen LogP contribution in [0.1, 0.15) is 11.6 Å². The Kier molecular flexibility index (Phi) is 4.18. The summed E-state index contributed by atoms with van der Waals surface area (Å²) >= 11 is 6.07. The van der Waals surface area contributed by atoms with Gasteiger partial charge in [-0.05, 0) is 29.8 Å². The van der Waals surface area contributed by atoms with Crippen LogP contribution in [-0.4, -0.2) is 6.54 Å². The average molecular weight is 265 g/mol. The number of anilines is 1. The van der Waals surface area contributed by atoms with E-state index in [-0.39, 0.29) is 11.9 Å². The third-order valence-electron chi connectivity index (χ3n) is 2.71. The summed E-state index contributed by atoms with van der Waals surface area (Å²) in [5.74, 6) is -0.257. The van der Waals surface area contributed by atoms with Crippen LogP contribution in [0, 0.1) is 5.82 Å². The summed E-state index contributed by atoms with van der Waals surface area (Å²) in [7, 11) is 0. The molecule has 2 aromatic carbocycles. The Morgan fingerprint density at radius 1 is 1.11 bits per heavy atom. The topological polar surface area (TPSA) is 38.0 Å². The number of nitrogens with two attached hydrogens (primary N) is 1. The minimum absolute atomic E-state index is 0.0921. The number of rotatable bonds is 4. The Bertz CT molecular complexity index is 513. The standard InChI is InChI=1S/C14H14ClFN2/c15-12-3-1-2-4-13(12)18-14(9-17)10-5-7-11(16)8-6-10/h1-8,14,18H,9,17H2. The maximum atomic E-state index is 12.9. The molecule has 1 unspecified atom stereocenters. The Morgan fingerprint density at radius 3 is 2.39 bits per heavy atom. The fourth-order valence-electron chi connectivity index (χ4n) is 1.74. The van der Waals surface area contributed by atoms with E-state index >= 15 is 0 Å². The predicted molar refractivity (Wildman–Crippen MR) is 73.3 cm³/mol. The van der Waals surface area contributed by atoms with Crippen molar-refractivity contribution in [3.63, 3.8) is 0 Å². The van der Waals surface area contributed by atoms with E-state index in [1.54, 1.807) is 12.1 Å². The number of para-hydroxylation sites is 1. The van der Waals surface area contributed by atoms with Gasteiger partial charge in [-0.1, -0.05) is 35.9 Å². The summed E-state index contributed by atoms with van der Waals surface area (Å²) in [5, 5.41) is 3.89. The summed E-state index contributed by atoms with van der Waals surface area (Å²) in [5.41, 5.74) is 7.49. The van der Waals surface area contributed by atoms with Crippen molar-refractivity contribution in [2.24, 2.45) is 5.73 Å². The number of nitrogens with one attached hydrogen (secondary N) is 1. The third kappa shape index (κ3) is 3.00. The number of halogens is 2. The van der Waals surface area contributed by atoms with Crippen LogP contribution in [0.2, 0.25) is 5.02 Å². The molecule has 0 aliphatic rings. The second kappa shape index (κ2) is 5.85. The molecule has 18 heavy (non-hydrogen) atoms.